The summed E-state index contributed by atoms with van der Waals surface area (Å²) < 4.78 is 17.5. The molecule has 0 bridgehead atoms. The third kappa shape index (κ3) is 3.20. The first-order chi connectivity index (χ1) is 7.54. The lowest BCUT2D eigenvalue weighted by Crippen LogP contribution is -2.50. The van der Waals surface area contributed by atoms with Crippen LogP contribution in [0.1, 0.15) is 13.3 Å². The number of nitrogens with one attached hydrogen (secondary N) is 1. The van der Waals surface area contributed by atoms with Crippen molar-refractivity contribution in [1.29, 1.82) is 0 Å². The minimum atomic E-state index is -1.32. The van der Waals surface area contributed by atoms with Gasteiger partial charge in [-0.15, -0.1) is 0 Å². The van der Waals surface area contributed by atoms with Gasteiger partial charge in [0.2, 0.25) is 12.2 Å². The molecule has 1 rings (SSSR count). The van der Waals surface area contributed by atoms with E-state index in [0.29, 0.717) is 0 Å². The fourth-order valence-corrected chi connectivity index (χ4v) is 1.18. The van der Waals surface area contributed by atoms with E-state index in [1.807, 2.05) is 5.32 Å². The van der Waals surface area contributed by atoms with Crippen LogP contribution < -0.4 is 5.32 Å². The highest BCUT2D eigenvalue weighted by molar-refractivity contribution is 5.91. The number of halogens is 1. The van der Waals surface area contributed by atoms with Crippen LogP contribution in [-0.4, -0.2) is 41.4 Å². The Balaban J connectivity index is 2.48. The first kappa shape index (κ1) is 12.4. The van der Waals surface area contributed by atoms with Crippen molar-refractivity contribution in [3.8, 4) is 0 Å². The third-order valence-corrected chi connectivity index (χ3v) is 1.95. The van der Waals surface area contributed by atoms with Gasteiger partial charge in [0, 0.05) is 12.7 Å². The number of aliphatic hydroxyl groups is 1. The van der Waals surface area contributed by atoms with E-state index in [1.165, 1.54) is 0 Å². The lowest BCUT2D eigenvalue weighted by Gasteiger charge is -2.29. The molecule has 2 N–H and O–H groups in total. The number of carbonyl (C=O) groups is 2. The summed E-state index contributed by atoms with van der Waals surface area (Å²) in [4.78, 5) is 22.9. The molecule has 7 heteroatoms. The van der Waals surface area contributed by atoms with Crippen LogP contribution in [-0.2, 0) is 14.3 Å². The molecule has 90 valence electrons. The monoisotopic (exact) mass is 232 g/mol. The minimum absolute atomic E-state index is 0.00451. The standard InChI is InChI=1S/C9H13FN2O4/c1-2-16-7(13)3-4-12-5-6(10)8(14)11-9(12)15/h5,9,15H,2-4H2,1H3,(H,11,14). The number of amides is 1. The van der Waals surface area contributed by atoms with Crippen LogP contribution in [0.25, 0.3) is 0 Å². The van der Waals surface area contributed by atoms with E-state index in [-0.39, 0.29) is 19.6 Å². The highest BCUT2D eigenvalue weighted by Gasteiger charge is 2.25. The van der Waals surface area contributed by atoms with Gasteiger partial charge in [-0.3, -0.25) is 9.59 Å². The molecule has 0 aromatic carbocycles. The molecule has 1 amide bonds. The maximum atomic E-state index is 12.9. The van der Waals surface area contributed by atoms with E-state index >= 15 is 0 Å². The number of ether oxygens (including phenoxy) is 1. The van der Waals surface area contributed by atoms with E-state index in [1.54, 1.807) is 6.92 Å². The molecule has 1 atom stereocenters. The van der Waals surface area contributed by atoms with Crippen molar-refractivity contribution in [2.24, 2.45) is 0 Å². The number of esters is 1. The zero-order valence-electron chi connectivity index (χ0n) is 8.77. The predicted octanol–water partition coefficient (Wildman–Crippen LogP) is -0.542. The maximum absolute atomic E-state index is 12.9. The van der Waals surface area contributed by atoms with Gasteiger partial charge in [0.15, 0.2) is 0 Å². The molecule has 0 aliphatic carbocycles. The van der Waals surface area contributed by atoms with E-state index in [2.05, 4.69) is 4.74 Å². The number of hydrogen-bond acceptors (Lipinski definition) is 5. The van der Waals surface area contributed by atoms with Crippen LogP contribution in [0.5, 0.6) is 0 Å². The molecule has 6 nitrogen and oxygen atoms in total. The van der Waals surface area contributed by atoms with Crippen LogP contribution >= 0.6 is 0 Å². The van der Waals surface area contributed by atoms with E-state index < -0.39 is 24.1 Å². The zero-order valence-corrected chi connectivity index (χ0v) is 8.77. The fourth-order valence-electron chi connectivity index (χ4n) is 1.18. The largest absolute Gasteiger partial charge is 0.466 e. The molecule has 1 unspecified atom stereocenters. The quantitative estimate of drug-likeness (QED) is 0.636. The Morgan fingerprint density at radius 1 is 1.75 bits per heavy atom. The van der Waals surface area contributed by atoms with Crippen LogP contribution in [0.15, 0.2) is 12.0 Å². The number of carbonyl (C=O) groups excluding carboxylic acids is 2. The summed E-state index contributed by atoms with van der Waals surface area (Å²) in [6.07, 6.45) is -0.450. The fraction of sp³-hybridized carbons (Fsp3) is 0.556. The molecule has 1 heterocycles. The average Bonchev–Trinajstić information content (AvgIpc) is 2.22. The lowest BCUT2D eigenvalue weighted by atomic mass is 10.3. The van der Waals surface area contributed by atoms with Crippen LogP contribution in [0.4, 0.5) is 4.39 Å². The minimum Gasteiger partial charge on any atom is -0.466 e. The van der Waals surface area contributed by atoms with E-state index in [4.69, 9.17) is 0 Å². The Hall–Kier alpha value is -1.63. The van der Waals surface area contributed by atoms with Gasteiger partial charge in [0.05, 0.1) is 13.0 Å². The number of hydrogen-bond donors (Lipinski definition) is 2. The van der Waals surface area contributed by atoms with Gasteiger partial charge >= 0.3 is 5.97 Å². The van der Waals surface area contributed by atoms with Crippen molar-refractivity contribution in [3.05, 3.63) is 12.0 Å². The zero-order chi connectivity index (χ0) is 12.1. The van der Waals surface area contributed by atoms with Gasteiger partial charge in [-0.2, -0.15) is 4.39 Å². The molecular weight excluding hydrogens is 219 g/mol. The number of aliphatic hydroxyl groups excluding tert-OH is 1. The molecule has 1 aliphatic rings. The smallest absolute Gasteiger partial charge is 0.307 e. The van der Waals surface area contributed by atoms with E-state index in [9.17, 15) is 19.1 Å². The van der Waals surface area contributed by atoms with Crippen molar-refractivity contribution in [1.82, 2.24) is 10.2 Å². The normalized spacial score (nSPS) is 20.2. The van der Waals surface area contributed by atoms with Crippen LogP contribution in [0.2, 0.25) is 0 Å². The topological polar surface area (TPSA) is 78.9 Å². The molecule has 0 fully saturated rings. The Morgan fingerprint density at radius 2 is 2.44 bits per heavy atom. The first-order valence-corrected chi connectivity index (χ1v) is 4.82. The van der Waals surface area contributed by atoms with Gasteiger partial charge in [-0.1, -0.05) is 0 Å². The highest BCUT2D eigenvalue weighted by Crippen LogP contribution is 2.09. The molecule has 0 spiro atoms. The Morgan fingerprint density at radius 3 is 3.06 bits per heavy atom. The molecule has 0 saturated carbocycles. The third-order valence-electron chi connectivity index (χ3n) is 1.95. The summed E-state index contributed by atoms with van der Waals surface area (Å²) in [7, 11) is 0. The summed E-state index contributed by atoms with van der Waals surface area (Å²) in [6, 6.07) is 0. The second kappa shape index (κ2) is 5.45. The van der Waals surface area contributed by atoms with E-state index in [0.717, 1.165) is 11.1 Å². The Bertz CT molecular complexity index is 319. The van der Waals surface area contributed by atoms with Gasteiger partial charge in [-0.25, -0.2) is 0 Å². The van der Waals surface area contributed by atoms with Crippen molar-refractivity contribution in [3.63, 3.8) is 0 Å². The lowest BCUT2D eigenvalue weighted by molar-refractivity contribution is -0.144. The predicted molar refractivity (Wildman–Crippen MR) is 51.3 cm³/mol. The van der Waals surface area contributed by atoms with Crippen LogP contribution in [0, 0.1) is 0 Å². The molecule has 0 aromatic heterocycles. The molecule has 0 radical (unpaired) electrons. The second-order valence-corrected chi connectivity index (χ2v) is 3.12. The van der Waals surface area contributed by atoms with Gasteiger partial charge in [-0.05, 0) is 6.92 Å². The van der Waals surface area contributed by atoms with Gasteiger partial charge in [0.1, 0.15) is 0 Å². The Kier molecular flexibility index (Phi) is 4.24. The average molecular weight is 232 g/mol. The summed E-state index contributed by atoms with van der Waals surface area (Å²) >= 11 is 0. The maximum Gasteiger partial charge on any atom is 0.307 e. The second-order valence-electron chi connectivity index (χ2n) is 3.12. The van der Waals surface area contributed by atoms with Crippen molar-refractivity contribution in [2.75, 3.05) is 13.2 Å². The number of rotatable bonds is 4. The molecule has 16 heavy (non-hydrogen) atoms. The molecular formula is C9H13FN2O4. The summed E-state index contributed by atoms with van der Waals surface area (Å²) in [5.41, 5.74) is 0. The summed E-state index contributed by atoms with van der Waals surface area (Å²) in [6.45, 7) is 2.00. The van der Waals surface area contributed by atoms with Crippen molar-refractivity contribution in [2.45, 2.75) is 19.7 Å². The first-order valence-electron chi connectivity index (χ1n) is 4.82. The van der Waals surface area contributed by atoms with Crippen molar-refractivity contribution < 1.29 is 23.8 Å². The number of nitrogens with zero attached hydrogens (tertiary/aromatic N) is 1. The molecule has 1 aliphatic heterocycles. The van der Waals surface area contributed by atoms with Gasteiger partial charge in [0.25, 0.3) is 5.91 Å². The Labute approximate surface area is 91.7 Å². The van der Waals surface area contributed by atoms with Gasteiger partial charge < -0.3 is 20.1 Å². The summed E-state index contributed by atoms with van der Waals surface area (Å²) in [5, 5.41) is 11.3. The van der Waals surface area contributed by atoms with Crippen LogP contribution in [0.3, 0.4) is 0 Å². The molecule has 0 aromatic rings. The van der Waals surface area contributed by atoms with Crippen molar-refractivity contribution >= 4 is 11.9 Å². The molecule has 0 saturated heterocycles. The SMILES string of the molecule is CCOC(=O)CCN1C=C(F)C(=O)NC1O. The highest BCUT2D eigenvalue weighted by atomic mass is 19.1. The summed E-state index contributed by atoms with van der Waals surface area (Å²) in [5.74, 6) is -2.42.